The molecule has 0 N–H and O–H groups in total. The summed E-state index contributed by atoms with van der Waals surface area (Å²) in [6, 6.07) is 11.7. The molecular weight excluding hydrogens is 298 g/mol. The third-order valence-electron chi connectivity index (χ3n) is 3.05. The standard InChI is InChI=1S/C14H10F2N2O2S/c15-13(16)12-9-10-5-4-8-17-14(10)18(12)21(19,20)11-6-2-1-3-7-11/h1-9,13H. The third-order valence-corrected chi connectivity index (χ3v) is 4.78. The van der Waals surface area contributed by atoms with Gasteiger partial charge in [0.1, 0.15) is 5.69 Å². The van der Waals surface area contributed by atoms with E-state index in [1.54, 1.807) is 18.2 Å². The average Bonchev–Trinajstić information content (AvgIpc) is 2.88. The van der Waals surface area contributed by atoms with Crippen molar-refractivity contribution in [2.45, 2.75) is 11.3 Å². The zero-order valence-corrected chi connectivity index (χ0v) is 11.5. The molecule has 0 unspecified atom stereocenters. The Kier molecular flexibility index (Phi) is 3.21. The van der Waals surface area contributed by atoms with Crippen LogP contribution in [0.1, 0.15) is 12.1 Å². The summed E-state index contributed by atoms with van der Waals surface area (Å²) in [7, 11) is -4.12. The molecule has 4 nitrogen and oxygen atoms in total. The molecule has 0 bridgehead atoms. The molecule has 0 aliphatic carbocycles. The van der Waals surface area contributed by atoms with Crippen LogP contribution >= 0.6 is 0 Å². The fourth-order valence-corrected chi connectivity index (χ4v) is 3.64. The first-order valence-electron chi connectivity index (χ1n) is 6.07. The number of pyridine rings is 1. The van der Waals surface area contributed by atoms with Gasteiger partial charge < -0.3 is 0 Å². The van der Waals surface area contributed by atoms with Crippen molar-refractivity contribution < 1.29 is 17.2 Å². The maximum Gasteiger partial charge on any atom is 0.279 e. The van der Waals surface area contributed by atoms with Crippen molar-refractivity contribution in [1.29, 1.82) is 0 Å². The second-order valence-corrected chi connectivity index (χ2v) is 6.16. The van der Waals surface area contributed by atoms with E-state index in [1.165, 1.54) is 30.5 Å². The Labute approximate surface area is 119 Å². The van der Waals surface area contributed by atoms with Crippen LogP contribution in [0.15, 0.2) is 59.6 Å². The smallest absolute Gasteiger partial charge is 0.237 e. The molecule has 3 aromatic rings. The topological polar surface area (TPSA) is 52.0 Å². The normalized spacial score (nSPS) is 12.1. The minimum atomic E-state index is -4.12. The van der Waals surface area contributed by atoms with E-state index in [-0.39, 0.29) is 10.5 Å². The van der Waals surface area contributed by atoms with Crippen LogP contribution in [-0.4, -0.2) is 17.4 Å². The second-order valence-electron chi connectivity index (χ2n) is 4.37. The van der Waals surface area contributed by atoms with Gasteiger partial charge >= 0.3 is 0 Å². The number of halogens is 2. The number of rotatable bonds is 3. The molecule has 0 aliphatic heterocycles. The molecule has 0 saturated carbocycles. The molecule has 0 radical (unpaired) electrons. The molecule has 2 aromatic heterocycles. The predicted octanol–water partition coefficient (Wildman–Crippen LogP) is 3.21. The van der Waals surface area contributed by atoms with Crippen LogP contribution < -0.4 is 0 Å². The average molecular weight is 308 g/mol. The fraction of sp³-hybridized carbons (Fsp3) is 0.0714. The number of benzene rings is 1. The highest BCUT2D eigenvalue weighted by molar-refractivity contribution is 7.90. The van der Waals surface area contributed by atoms with Crippen molar-refractivity contribution >= 4 is 21.1 Å². The van der Waals surface area contributed by atoms with Crippen LogP contribution in [0.5, 0.6) is 0 Å². The van der Waals surface area contributed by atoms with Gasteiger partial charge in [0, 0.05) is 11.6 Å². The highest BCUT2D eigenvalue weighted by atomic mass is 32.2. The molecule has 21 heavy (non-hydrogen) atoms. The van der Waals surface area contributed by atoms with Crippen LogP contribution in [-0.2, 0) is 10.0 Å². The molecule has 0 saturated heterocycles. The van der Waals surface area contributed by atoms with Gasteiger partial charge in [0.15, 0.2) is 5.65 Å². The van der Waals surface area contributed by atoms with Crippen molar-refractivity contribution in [3.8, 4) is 0 Å². The number of hydrogen-bond donors (Lipinski definition) is 0. The summed E-state index contributed by atoms with van der Waals surface area (Å²) in [5, 5.41) is 0.354. The number of aromatic nitrogens is 2. The van der Waals surface area contributed by atoms with E-state index in [9.17, 15) is 17.2 Å². The minimum Gasteiger partial charge on any atom is -0.237 e. The van der Waals surface area contributed by atoms with Crippen LogP contribution in [0, 0.1) is 0 Å². The first-order chi connectivity index (χ1) is 10.0. The summed E-state index contributed by atoms with van der Waals surface area (Å²) in [5.41, 5.74) is -0.593. The van der Waals surface area contributed by atoms with Crippen molar-refractivity contribution in [1.82, 2.24) is 8.96 Å². The highest BCUT2D eigenvalue weighted by Gasteiger charge is 2.27. The molecule has 2 heterocycles. The Bertz CT molecular complexity index is 890. The van der Waals surface area contributed by atoms with Crippen molar-refractivity contribution in [2.75, 3.05) is 0 Å². The predicted molar refractivity (Wildman–Crippen MR) is 73.7 cm³/mol. The zero-order chi connectivity index (χ0) is 15.0. The molecule has 7 heteroatoms. The number of fused-ring (bicyclic) bond motifs is 1. The Morgan fingerprint density at radius 3 is 2.43 bits per heavy atom. The highest BCUT2D eigenvalue weighted by Crippen LogP contribution is 2.30. The van der Waals surface area contributed by atoms with E-state index in [1.807, 2.05) is 0 Å². The maximum atomic E-state index is 13.2. The summed E-state index contributed by atoms with van der Waals surface area (Å²) in [6.45, 7) is 0. The molecule has 0 atom stereocenters. The summed E-state index contributed by atoms with van der Waals surface area (Å²) in [6.07, 6.45) is -1.55. The van der Waals surface area contributed by atoms with Gasteiger partial charge in [-0.1, -0.05) is 18.2 Å². The van der Waals surface area contributed by atoms with E-state index >= 15 is 0 Å². The number of hydrogen-bond acceptors (Lipinski definition) is 3. The first kappa shape index (κ1) is 13.7. The Morgan fingerprint density at radius 1 is 1.05 bits per heavy atom. The van der Waals surface area contributed by atoms with Gasteiger partial charge in [-0.05, 0) is 30.3 Å². The summed E-state index contributed by atoms with van der Waals surface area (Å²) >= 11 is 0. The summed E-state index contributed by atoms with van der Waals surface area (Å²) < 4.78 is 52.3. The molecule has 3 rings (SSSR count). The zero-order valence-electron chi connectivity index (χ0n) is 10.6. The van der Waals surface area contributed by atoms with Crippen molar-refractivity contribution in [3.63, 3.8) is 0 Å². The SMILES string of the molecule is O=S(=O)(c1ccccc1)n1c(C(F)F)cc2cccnc21. The monoisotopic (exact) mass is 308 g/mol. The fourth-order valence-electron chi connectivity index (χ4n) is 2.13. The minimum absolute atomic E-state index is 0.00310. The maximum absolute atomic E-state index is 13.2. The Hall–Kier alpha value is -2.28. The molecule has 0 fully saturated rings. The largest absolute Gasteiger partial charge is 0.279 e. The molecule has 0 amide bonds. The molecule has 108 valence electrons. The van der Waals surface area contributed by atoms with Crippen molar-refractivity contribution in [2.24, 2.45) is 0 Å². The lowest BCUT2D eigenvalue weighted by Crippen LogP contribution is -2.16. The van der Waals surface area contributed by atoms with Gasteiger partial charge in [-0.2, -0.15) is 0 Å². The van der Waals surface area contributed by atoms with Gasteiger partial charge in [-0.25, -0.2) is 26.2 Å². The lowest BCUT2D eigenvalue weighted by atomic mass is 10.3. The van der Waals surface area contributed by atoms with Gasteiger partial charge in [0.2, 0.25) is 0 Å². The van der Waals surface area contributed by atoms with Crippen LogP contribution in [0.3, 0.4) is 0 Å². The number of alkyl halides is 2. The van der Waals surface area contributed by atoms with E-state index in [0.717, 1.165) is 6.07 Å². The lowest BCUT2D eigenvalue weighted by molar-refractivity contribution is 0.145. The Morgan fingerprint density at radius 2 is 1.76 bits per heavy atom. The van der Waals surface area contributed by atoms with Crippen LogP contribution in [0.4, 0.5) is 8.78 Å². The third kappa shape index (κ3) is 2.19. The van der Waals surface area contributed by atoms with Crippen LogP contribution in [0.25, 0.3) is 11.0 Å². The Balaban J connectivity index is 2.36. The van der Waals surface area contributed by atoms with Gasteiger partial charge in [-0.3, -0.25) is 0 Å². The lowest BCUT2D eigenvalue weighted by Gasteiger charge is -2.10. The summed E-state index contributed by atoms with van der Waals surface area (Å²) in [4.78, 5) is 3.87. The van der Waals surface area contributed by atoms with Crippen LogP contribution in [0.2, 0.25) is 0 Å². The molecule has 0 aliphatic rings. The molecular formula is C14H10F2N2O2S. The van der Waals surface area contributed by atoms with E-state index in [2.05, 4.69) is 4.98 Å². The molecule has 0 spiro atoms. The first-order valence-corrected chi connectivity index (χ1v) is 7.51. The second kappa shape index (κ2) is 4.92. The summed E-state index contributed by atoms with van der Waals surface area (Å²) in [5.74, 6) is 0. The van der Waals surface area contributed by atoms with Gasteiger partial charge in [0.25, 0.3) is 16.4 Å². The van der Waals surface area contributed by atoms with Gasteiger partial charge in [0.05, 0.1) is 4.90 Å². The number of nitrogens with zero attached hydrogens (tertiary/aromatic N) is 2. The van der Waals surface area contributed by atoms with E-state index < -0.39 is 22.1 Å². The van der Waals surface area contributed by atoms with E-state index in [4.69, 9.17) is 0 Å². The quantitative estimate of drug-likeness (QED) is 0.746. The van der Waals surface area contributed by atoms with Crippen molar-refractivity contribution in [3.05, 3.63) is 60.4 Å². The van der Waals surface area contributed by atoms with Gasteiger partial charge in [-0.15, -0.1) is 0 Å². The molecule has 1 aromatic carbocycles. The van der Waals surface area contributed by atoms with E-state index in [0.29, 0.717) is 9.36 Å².